The average Bonchev–Trinajstić information content (AvgIpc) is 3.15. The van der Waals surface area contributed by atoms with Gasteiger partial charge in [0.1, 0.15) is 5.82 Å². The summed E-state index contributed by atoms with van der Waals surface area (Å²) in [6.45, 7) is 3.98. The zero-order chi connectivity index (χ0) is 19.9. The zero-order valence-electron chi connectivity index (χ0n) is 16.0. The molecule has 3 aromatic rings. The first-order valence-electron chi connectivity index (χ1n) is 9.07. The monoisotopic (exact) mass is 402 g/mol. The number of halogens is 1. The van der Waals surface area contributed by atoms with Crippen molar-refractivity contribution in [3.05, 3.63) is 75.7 Å². The van der Waals surface area contributed by atoms with E-state index in [1.807, 2.05) is 23.9 Å². The number of rotatable bonds is 9. The van der Waals surface area contributed by atoms with Crippen molar-refractivity contribution in [2.75, 3.05) is 13.7 Å². The van der Waals surface area contributed by atoms with E-state index in [0.29, 0.717) is 42.6 Å². The predicted octanol–water partition coefficient (Wildman–Crippen LogP) is 3.13. The van der Waals surface area contributed by atoms with Gasteiger partial charge in [0.15, 0.2) is 5.16 Å². The van der Waals surface area contributed by atoms with E-state index in [1.54, 1.807) is 30.1 Å². The van der Waals surface area contributed by atoms with Crippen LogP contribution in [0, 0.1) is 5.82 Å². The molecule has 0 bridgehead atoms. The highest BCUT2D eigenvalue weighted by Crippen LogP contribution is 2.21. The van der Waals surface area contributed by atoms with Crippen molar-refractivity contribution in [3.8, 4) is 0 Å². The summed E-state index contributed by atoms with van der Waals surface area (Å²) < 4.78 is 21.9. The standard InChI is InChI=1S/C20H23FN4O2S/c1-3-24-13-17(10-16-11-22-25(12-16)8-9-27-2)19(26)23-20(24)28-14-15-4-6-18(21)7-5-15/h4-7,11-13H,3,8-10,14H2,1-2H3. The molecule has 3 rings (SSSR count). The highest BCUT2D eigenvalue weighted by atomic mass is 32.2. The molecule has 0 saturated heterocycles. The second-order valence-electron chi connectivity index (χ2n) is 6.34. The summed E-state index contributed by atoms with van der Waals surface area (Å²) in [4.78, 5) is 16.8. The van der Waals surface area contributed by atoms with Crippen molar-refractivity contribution < 1.29 is 9.13 Å². The maximum absolute atomic E-state index is 13.0. The van der Waals surface area contributed by atoms with Crippen molar-refractivity contribution >= 4 is 11.8 Å². The summed E-state index contributed by atoms with van der Waals surface area (Å²) in [5, 5.41) is 4.95. The number of benzene rings is 1. The van der Waals surface area contributed by atoms with Crippen molar-refractivity contribution in [1.29, 1.82) is 0 Å². The number of aryl methyl sites for hydroxylation is 1. The fourth-order valence-corrected chi connectivity index (χ4v) is 3.72. The van der Waals surface area contributed by atoms with Crippen LogP contribution < -0.4 is 5.56 Å². The van der Waals surface area contributed by atoms with Gasteiger partial charge in [-0.05, 0) is 30.2 Å². The molecule has 0 aliphatic carbocycles. The van der Waals surface area contributed by atoms with Gasteiger partial charge < -0.3 is 9.30 Å². The molecule has 0 amide bonds. The number of methoxy groups -OCH3 is 1. The molecule has 0 spiro atoms. The van der Waals surface area contributed by atoms with Crippen LogP contribution in [0.25, 0.3) is 0 Å². The van der Waals surface area contributed by atoms with Crippen molar-refractivity contribution in [1.82, 2.24) is 19.3 Å². The maximum atomic E-state index is 13.0. The minimum absolute atomic E-state index is 0.226. The Morgan fingerprint density at radius 2 is 1.96 bits per heavy atom. The van der Waals surface area contributed by atoms with Crippen LogP contribution >= 0.6 is 11.8 Å². The fraction of sp³-hybridized carbons (Fsp3) is 0.350. The number of hydrogen-bond donors (Lipinski definition) is 0. The largest absolute Gasteiger partial charge is 0.383 e. The van der Waals surface area contributed by atoms with Gasteiger partial charge in [0.2, 0.25) is 0 Å². The molecular weight excluding hydrogens is 379 g/mol. The second kappa shape index (κ2) is 9.66. The molecule has 28 heavy (non-hydrogen) atoms. The van der Waals surface area contributed by atoms with Crippen LogP contribution in [0.2, 0.25) is 0 Å². The van der Waals surface area contributed by atoms with Crippen molar-refractivity contribution in [2.24, 2.45) is 0 Å². The van der Waals surface area contributed by atoms with Gasteiger partial charge in [0.25, 0.3) is 5.56 Å². The Hall–Kier alpha value is -2.45. The maximum Gasteiger partial charge on any atom is 0.277 e. The minimum Gasteiger partial charge on any atom is -0.383 e. The number of nitrogens with zero attached hydrogens (tertiary/aromatic N) is 4. The first-order chi connectivity index (χ1) is 13.6. The number of ether oxygens (including phenoxy) is 1. The first-order valence-corrected chi connectivity index (χ1v) is 10.1. The molecule has 2 heterocycles. The molecule has 0 N–H and O–H groups in total. The normalized spacial score (nSPS) is 11.1. The van der Waals surface area contributed by atoms with E-state index >= 15 is 0 Å². The highest BCUT2D eigenvalue weighted by molar-refractivity contribution is 7.98. The minimum atomic E-state index is -0.257. The summed E-state index contributed by atoms with van der Waals surface area (Å²) in [5.74, 6) is 0.366. The lowest BCUT2D eigenvalue weighted by Crippen LogP contribution is -2.19. The molecule has 0 fully saturated rings. The summed E-state index contributed by atoms with van der Waals surface area (Å²) in [6.07, 6.45) is 6.05. The fourth-order valence-electron chi connectivity index (χ4n) is 2.74. The Morgan fingerprint density at radius 3 is 2.68 bits per heavy atom. The van der Waals surface area contributed by atoms with Gasteiger partial charge in [0, 0.05) is 43.8 Å². The van der Waals surface area contributed by atoms with Crippen LogP contribution in [0.15, 0.2) is 52.8 Å². The SMILES string of the molecule is CCn1cc(Cc2cnn(CCOC)c2)c(=O)nc1SCc1ccc(F)cc1. The summed E-state index contributed by atoms with van der Waals surface area (Å²) in [7, 11) is 1.65. The molecule has 2 aromatic heterocycles. The third kappa shape index (κ3) is 5.30. The molecule has 0 radical (unpaired) electrons. The number of hydrogen-bond acceptors (Lipinski definition) is 5. The van der Waals surface area contributed by atoms with Crippen LogP contribution in [-0.4, -0.2) is 33.0 Å². The number of thioether (sulfide) groups is 1. The molecule has 0 saturated carbocycles. The summed E-state index contributed by atoms with van der Waals surface area (Å²) in [5.41, 5.74) is 2.36. The van der Waals surface area contributed by atoms with Gasteiger partial charge in [0.05, 0.1) is 19.3 Å². The van der Waals surface area contributed by atoms with Gasteiger partial charge >= 0.3 is 0 Å². The second-order valence-corrected chi connectivity index (χ2v) is 7.28. The highest BCUT2D eigenvalue weighted by Gasteiger charge is 2.11. The quantitative estimate of drug-likeness (QED) is 0.407. The van der Waals surface area contributed by atoms with E-state index in [1.165, 1.54) is 23.9 Å². The molecule has 0 unspecified atom stereocenters. The molecule has 0 atom stereocenters. The molecule has 148 valence electrons. The van der Waals surface area contributed by atoms with Gasteiger partial charge in [-0.25, -0.2) is 4.39 Å². The first kappa shape index (κ1) is 20.3. The van der Waals surface area contributed by atoms with E-state index in [0.717, 1.165) is 11.1 Å². The zero-order valence-corrected chi connectivity index (χ0v) is 16.8. The van der Waals surface area contributed by atoms with Crippen molar-refractivity contribution in [2.45, 2.75) is 37.3 Å². The van der Waals surface area contributed by atoms with Gasteiger partial charge in [-0.15, -0.1) is 0 Å². The lowest BCUT2D eigenvalue weighted by molar-refractivity contribution is 0.183. The molecule has 1 aromatic carbocycles. The Labute approximate surface area is 167 Å². The van der Waals surface area contributed by atoms with E-state index in [9.17, 15) is 9.18 Å². The van der Waals surface area contributed by atoms with Crippen LogP contribution in [0.1, 0.15) is 23.6 Å². The molecule has 0 aliphatic heterocycles. The topological polar surface area (TPSA) is 61.9 Å². The van der Waals surface area contributed by atoms with Crippen molar-refractivity contribution in [3.63, 3.8) is 0 Å². The third-order valence-corrected chi connectivity index (χ3v) is 5.32. The van der Waals surface area contributed by atoms with E-state index in [2.05, 4.69) is 10.1 Å². The van der Waals surface area contributed by atoms with Crippen LogP contribution in [0.3, 0.4) is 0 Å². The van der Waals surface area contributed by atoms with Crippen LogP contribution in [0.5, 0.6) is 0 Å². The molecule has 6 nitrogen and oxygen atoms in total. The van der Waals surface area contributed by atoms with Gasteiger partial charge in [-0.1, -0.05) is 23.9 Å². The third-order valence-electron chi connectivity index (χ3n) is 4.26. The van der Waals surface area contributed by atoms with Crippen LogP contribution in [0.4, 0.5) is 4.39 Å². The Balaban J connectivity index is 1.72. The molecule has 8 heteroatoms. The summed E-state index contributed by atoms with van der Waals surface area (Å²) in [6, 6.07) is 6.36. The van der Waals surface area contributed by atoms with Gasteiger partial charge in [-0.2, -0.15) is 10.1 Å². The van der Waals surface area contributed by atoms with E-state index < -0.39 is 0 Å². The molecular formula is C20H23FN4O2S. The van der Waals surface area contributed by atoms with E-state index in [-0.39, 0.29) is 11.4 Å². The van der Waals surface area contributed by atoms with Crippen LogP contribution in [-0.2, 0) is 30.0 Å². The lowest BCUT2D eigenvalue weighted by Gasteiger charge is -2.11. The average molecular weight is 402 g/mol. The van der Waals surface area contributed by atoms with E-state index in [4.69, 9.17) is 4.74 Å². The Morgan fingerprint density at radius 1 is 1.18 bits per heavy atom. The molecule has 0 aliphatic rings. The lowest BCUT2D eigenvalue weighted by atomic mass is 10.1. The predicted molar refractivity (Wildman–Crippen MR) is 107 cm³/mol. The smallest absolute Gasteiger partial charge is 0.277 e. The number of aromatic nitrogens is 4. The Bertz CT molecular complexity index is 969. The summed E-state index contributed by atoms with van der Waals surface area (Å²) >= 11 is 1.47. The van der Waals surface area contributed by atoms with Gasteiger partial charge in [-0.3, -0.25) is 9.48 Å². The Kier molecular flexibility index (Phi) is 7.00.